The van der Waals surface area contributed by atoms with E-state index in [1.165, 1.54) is 6.26 Å². The van der Waals surface area contributed by atoms with Crippen LogP contribution in [0.1, 0.15) is 0 Å². The molecule has 13 heavy (non-hydrogen) atoms. The van der Waals surface area contributed by atoms with Gasteiger partial charge in [-0.25, -0.2) is 0 Å². The highest BCUT2D eigenvalue weighted by Gasteiger charge is 2.04. The van der Waals surface area contributed by atoms with Crippen LogP contribution in [0.4, 0.5) is 6.01 Å². The van der Waals surface area contributed by atoms with E-state index < -0.39 is 0 Å². The van der Waals surface area contributed by atoms with Gasteiger partial charge in [0.25, 0.3) is 6.01 Å². The van der Waals surface area contributed by atoms with Crippen molar-refractivity contribution in [3.8, 4) is 11.4 Å². The molecule has 0 bridgehead atoms. The third kappa shape index (κ3) is 1.62. The highest BCUT2D eigenvalue weighted by atomic mass is 35.5. The van der Waals surface area contributed by atoms with Gasteiger partial charge >= 0.3 is 0 Å². The molecule has 4 nitrogen and oxygen atoms in total. The molecule has 0 radical (unpaired) electrons. The number of hydrogen-bond acceptors (Lipinski definition) is 4. The fourth-order valence-electron chi connectivity index (χ4n) is 0.933. The minimum atomic E-state index is 0.131. The molecule has 0 saturated heterocycles. The van der Waals surface area contributed by atoms with Gasteiger partial charge in [-0.05, 0) is 12.1 Å². The van der Waals surface area contributed by atoms with Crippen molar-refractivity contribution in [2.24, 2.45) is 0 Å². The predicted molar refractivity (Wildman–Crippen MR) is 49.2 cm³/mol. The molecule has 0 aliphatic rings. The zero-order chi connectivity index (χ0) is 9.26. The number of halogens is 1. The number of aromatic nitrogens is 2. The van der Waals surface area contributed by atoms with Crippen LogP contribution in [0.15, 0.2) is 29.0 Å². The number of hydrogen-bond donors (Lipinski definition) is 1. The minimum absolute atomic E-state index is 0.131. The first-order chi connectivity index (χ1) is 6.25. The maximum atomic E-state index is 5.67. The molecule has 2 rings (SSSR count). The molecule has 0 aliphatic carbocycles. The second-order valence-corrected chi connectivity index (χ2v) is 2.87. The second kappa shape index (κ2) is 3.06. The van der Waals surface area contributed by atoms with Crippen LogP contribution < -0.4 is 5.73 Å². The first-order valence-corrected chi connectivity index (χ1v) is 3.96. The normalized spacial score (nSPS) is 10.2. The van der Waals surface area contributed by atoms with Crippen LogP contribution in [0.5, 0.6) is 0 Å². The van der Waals surface area contributed by atoms with E-state index in [0.29, 0.717) is 16.4 Å². The number of rotatable bonds is 1. The Labute approximate surface area is 79.4 Å². The topological polar surface area (TPSA) is 64.9 Å². The highest BCUT2D eigenvalue weighted by molar-refractivity contribution is 6.30. The van der Waals surface area contributed by atoms with E-state index in [1.807, 2.05) is 0 Å². The van der Waals surface area contributed by atoms with E-state index in [-0.39, 0.29) is 6.01 Å². The summed E-state index contributed by atoms with van der Waals surface area (Å²) in [6.07, 6.45) is 2.99. The van der Waals surface area contributed by atoms with Crippen LogP contribution in [-0.2, 0) is 0 Å². The van der Waals surface area contributed by atoms with Crippen LogP contribution in [0.25, 0.3) is 11.4 Å². The molecule has 0 saturated carbocycles. The van der Waals surface area contributed by atoms with E-state index >= 15 is 0 Å². The summed E-state index contributed by atoms with van der Waals surface area (Å²) in [7, 11) is 0. The lowest BCUT2D eigenvalue weighted by atomic mass is 10.3. The summed E-state index contributed by atoms with van der Waals surface area (Å²) in [5.74, 6) is 0. The van der Waals surface area contributed by atoms with Gasteiger partial charge in [-0.2, -0.15) is 4.98 Å². The first kappa shape index (κ1) is 8.07. The molecular formula is C8H6ClN3O. The van der Waals surface area contributed by atoms with E-state index in [1.54, 1.807) is 18.3 Å². The number of nitrogens with zero attached hydrogens (tertiary/aromatic N) is 2. The van der Waals surface area contributed by atoms with Gasteiger partial charge in [0, 0.05) is 6.20 Å². The smallest absolute Gasteiger partial charge is 0.292 e. The zero-order valence-corrected chi connectivity index (χ0v) is 7.32. The molecule has 0 unspecified atom stereocenters. The lowest BCUT2D eigenvalue weighted by Crippen LogP contribution is -1.85. The monoisotopic (exact) mass is 195 g/mol. The standard InChI is InChI=1S/C8H6ClN3O/c9-5-1-2-6(11-3-5)7-4-13-8(10)12-7/h1-4H,(H2,10,12). The quantitative estimate of drug-likeness (QED) is 0.756. The van der Waals surface area contributed by atoms with Crippen molar-refractivity contribution in [1.82, 2.24) is 9.97 Å². The summed E-state index contributed by atoms with van der Waals surface area (Å²) in [6, 6.07) is 3.61. The van der Waals surface area contributed by atoms with Crippen molar-refractivity contribution in [2.75, 3.05) is 5.73 Å². The van der Waals surface area contributed by atoms with Crippen molar-refractivity contribution in [1.29, 1.82) is 0 Å². The number of pyridine rings is 1. The Bertz CT molecular complexity index is 410. The Kier molecular flexibility index (Phi) is 1.90. The molecule has 2 heterocycles. The van der Waals surface area contributed by atoms with Crippen molar-refractivity contribution in [3.05, 3.63) is 29.6 Å². The minimum Gasteiger partial charge on any atom is -0.432 e. The molecular weight excluding hydrogens is 190 g/mol. The van der Waals surface area contributed by atoms with Gasteiger partial charge in [-0.3, -0.25) is 4.98 Å². The van der Waals surface area contributed by atoms with Crippen molar-refractivity contribution in [3.63, 3.8) is 0 Å². The Hall–Kier alpha value is -1.55. The summed E-state index contributed by atoms with van der Waals surface area (Å²) in [6.45, 7) is 0. The molecule has 0 amide bonds. The van der Waals surface area contributed by atoms with Crippen molar-refractivity contribution in [2.45, 2.75) is 0 Å². The molecule has 2 aromatic rings. The molecule has 0 aliphatic heterocycles. The number of nitrogen functional groups attached to an aromatic ring is 1. The molecule has 5 heteroatoms. The van der Waals surface area contributed by atoms with Crippen LogP contribution in [-0.4, -0.2) is 9.97 Å². The summed E-state index contributed by atoms with van der Waals surface area (Å²) >= 11 is 5.67. The number of nitrogens with two attached hydrogens (primary N) is 1. The Balaban J connectivity index is 2.41. The Morgan fingerprint density at radius 2 is 2.15 bits per heavy atom. The summed E-state index contributed by atoms with van der Waals surface area (Å²) in [5, 5.41) is 0.584. The van der Waals surface area contributed by atoms with Gasteiger partial charge in [-0.15, -0.1) is 0 Å². The first-order valence-electron chi connectivity index (χ1n) is 3.58. The zero-order valence-electron chi connectivity index (χ0n) is 6.57. The largest absolute Gasteiger partial charge is 0.432 e. The third-order valence-electron chi connectivity index (χ3n) is 1.51. The number of oxazole rings is 1. The lowest BCUT2D eigenvalue weighted by molar-refractivity contribution is 0.581. The van der Waals surface area contributed by atoms with Crippen LogP contribution in [0.2, 0.25) is 5.02 Å². The van der Waals surface area contributed by atoms with E-state index in [9.17, 15) is 0 Å². The summed E-state index contributed by atoms with van der Waals surface area (Å²) in [5.41, 5.74) is 6.60. The van der Waals surface area contributed by atoms with E-state index in [0.717, 1.165) is 0 Å². The lowest BCUT2D eigenvalue weighted by Gasteiger charge is -1.93. The molecule has 66 valence electrons. The van der Waals surface area contributed by atoms with Gasteiger partial charge in [-0.1, -0.05) is 11.6 Å². The Morgan fingerprint density at radius 3 is 2.69 bits per heavy atom. The van der Waals surface area contributed by atoms with Crippen LogP contribution in [0, 0.1) is 0 Å². The number of anilines is 1. The van der Waals surface area contributed by atoms with Crippen molar-refractivity contribution < 1.29 is 4.42 Å². The SMILES string of the molecule is Nc1nc(-c2ccc(Cl)cn2)co1. The summed E-state index contributed by atoms with van der Waals surface area (Å²) in [4.78, 5) is 7.97. The Morgan fingerprint density at radius 1 is 1.31 bits per heavy atom. The molecule has 2 N–H and O–H groups in total. The average molecular weight is 196 g/mol. The van der Waals surface area contributed by atoms with Crippen molar-refractivity contribution >= 4 is 17.6 Å². The predicted octanol–water partition coefficient (Wildman–Crippen LogP) is 1.97. The molecule has 0 atom stereocenters. The fourth-order valence-corrected chi connectivity index (χ4v) is 1.04. The molecule has 0 aromatic carbocycles. The maximum Gasteiger partial charge on any atom is 0.292 e. The summed E-state index contributed by atoms with van der Waals surface area (Å²) < 4.78 is 4.84. The van der Waals surface area contributed by atoms with Crippen LogP contribution >= 0.6 is 11.6 Å². The average Bonchev–Trinajstić information content (AvgIpc) is 2.53. The molecule has 0 fully saturated rings. The fraction of sp³-hybridized carbons (Fsp3) is 0. The molecule has 2 aromatic heterocycles. The van der Waals surface area contributed by atoms with Crippen LogP contribution in [0.3, 0.4) is 0 Å². The second-order valence-electron chi connectivity index (χ2n) is 2.43. The van der Waals surface area contributed by atoms with E-state index in [2.05, 4.69) is 9.97 Å². The van der Waals surface area contributed by atoms with E-state index in [4.69, 9.17) is 21.8 Å². The molecule has 0 spiro atoms. The van der Waals surface area contributed by atoms with Gasteiger partial charge in [0.15, 0.2) is 0 Å². The van der Waals surface area contributed by atoms with Gasteiger partial charge in [0.05, 0.1) is 10.7 Å². The van der Waals surface area contributed by atoms with Gasteiger partial charge < -0.3 is 10.2 Å². The van der Waals surface area contributed by atoms with Gasteiger partial charge in [0.1, 0.15) is 12.0 Å². The third-order valence-corrected chi connectivity index (χ3v) is 1.74. The maximum absolute atomic E-state index is 5.67. The van der Waals surface area contributed by atoms with Gasteiger partial charge in [0.2, 0.25) is 0 Å². The highest BCUT2D eigenvalue weighted by Crippen LogP contribution is 2.18.